The molecule has 0 aromatic rings. The Morgan fingerprint density at radius 1 is 0.271 bits per heavy atom. The van der Waals surface area contributed by atoms with Gasteiger partial charge in [-0.1, -0.05) is 34.6 Å². The molecule has 4 saturated heterocycles. The van der Waals surface area contributed by atoms with E-state index in [1.807, 2.05) is 48.5 Å². The molecule has 4 unspecified atom stereocenters. The molecule has 0 amide bonds. The Hall–Kier alpha value is -0.640. The van der Waals surface area contributed by atoms with Gasteiger partial charge in [0.2, 0.25) is 0 Å². The zero-order valence-corrected chi connectivity index (χ0v) is 48.5. The fourth-order valence-corrected chi connectivity index (χ4v) is 13.5. The average molecular weight is 1010 g/mol. The van der Waals surface area contributed by atoms with Crippen LogP contribution in [-0.4, -0.2) is 184 Å². The summed E-state index contributed by atoms with van der Waals surface area (Å²) in [4.78, 5) is 0. The predicted molar refractivity (Wildman–Crippen MR) is 266 cm³/mol. The van der Waals surface area contributed by atoms with Gasteiger partial charge in [-0.3, -0.25) is 0 Å². The topological polar surface area (TPSA) is 236 Å². The highest BCUT2D eigenvalue weighted by Gasteiger charge is 2.77. The van der Waals surface area contributed by atoms with Crippen LogP contribution in [0.3, 0.4) is 0 Å². The highest BCUT2D eigenvalue weighted by molar-refractivity contribution is 5.26. The normalized spacial score (nSPS) is 54.3. The van der Waals surface area contributed by atoms with Crippen LogP contribution in [-0.2, 0) is 37.9 Å². The lowest BCUT2D eigenvalue weighted by atomic mass is 9.52. The Morgan fingerprint density at radius 3 is 0.657 bits per heavy atom. The molecule has 0 saturated carbocycles. The summed E-state index contributed by atoms with van der Waals surface area (Å²) < 4.78 is 51.9. The second-order valence-electron chi connectivity index (χ2n) is 27.5. The fourth-order valence-electron chi connectivity index (χ4n) is 13.5. The van der Waals surface area contributed by atoms with Crippen molar-refractivity contribution in [1.29, 1.82) is 0 Å². The highest BCUT2D eigenvalue weighted by atomic mass is 16.6. The first-order valence-corrected chi connectivity index (χ1v) is 25.4. The number of ether oxygens (including phenoxy) is 8. The van der Waals surface area contributed by atoms with Crippen molar-refractivity contribution in [1.82, 2.24) is 0 Å². The van der Waals surface area contributed by atoms with E-state index in [-0.39, 0.29) is 46.2 Å². The molecule has 0 spiro atoms. The van der Waals surface area contributed by atoms with Crippen molar-refractivity contribution < 1.29 is 78.7 Å². The Kier molecular flexibility index (Phi) is 15.0. The molecule has 0 aliphatic carbocycles. The lowest BCUT2D eigenvalue weighted by molar-refractivity contribution is -0.410. The summed E-state index contributed by atoms with van der Waals surface area (Å²) in [6.07, 6.45) is 0.446. The molecule has 4 heterocycles. The van der Waals surface area contributed by atoms with Crippen molar-refractivity contribution in [3.8, 4) is 0 Å². The van der Waals surface area contributed by atoms with Crippen LogP contribution in [0.4, 0.5) is 0 Å². The van der Waals surface area contributed by atoms with Crippen molar-refractivity contribution in [2.75, 3.05) is 53.4 Å². The van der Waals surface area contributed by atoms with Crippen molar-refractivity contribution in [2.24, 2.45) is 21.7 Å². The monoisotopic (exact) mass is 1010 g/mol. The van der Waals surface area contributed by atoms with E-state index in [2.05, 4.69) is 0 Å². The first-order chi connectivity index (χ1) is 30.6. The minimum atomic E-state index is -2.01. The molecule has 16 nitrogen and oxygen atoms in total. The summed E-state index contributed by atoms with van der Waals surface area (Å²) in [5.41, 5.74) is -29.7. The van der Waals surface area contributed by atoms with E-state index in [1.165, 1.54) is 34.8 Å². The second-order valence-corrected chi connectivity index (χ2v) is 27.5. The summed E-state index contributed by atoms with van der Waals surface area (Å²) in [7, 11) is 1.53. The summed E-state index contributed by atoms with van der Waals surface area (Å²) in [5.74, 6) is 0. The number of hydrogen-bond acceptors (Lipinski definition) is 16. The SMILES string of the molecule is CC[C@]1(C)OC(C)(C)[C@@](C)(COC[C@]2(C)OC(C)(C)[C@@](C)(COC[C@]3(C)OC(C)(C)[C@@](C)(COC[C@]4(C)OC(C)(C)[C@@](C)(COC)[C@@](C)(O)C4(C)O)[C@@](C)(O)C3(C)O)[C@@](C)(O)C2(C)O)[C@@](C)(O)C1(C)O. The average Bonchev–Trinajstić information content (AvgIpc) is 3.17. The van der Waals surface area contributed by atoms with Crippen LogP contribution in [0.25, 0.3) is 0 Å². The lowest BCUT2D eigenvalue weighted by Crippen LogP contribution is -2.83. The van der Waals surface area contributed by atoms with Crippen molar-refractivity contribution >= 4 is 0 Å². The molecule has 0 bridgehead atoms. The standard InChI is InChI=1S/C54H102O16/c1-27-43(14)51(22,59)48(19,56)40(11,36(4,5)67-43)29-64-33-45(16)53(24,61)50(21,58)42(13,38(8,9)69-45)31-66-34-46(17)54(25,62)49(20,57)41(12,37(6,7)70-46)30-65-32-44(15)52(23,60)47(18,55)39(10,28-63-26)35(2,3)68-44/h55-62H,27-34H2,1-26H3/t39-,40-,41-,42-,43+,44+,45+,46+,47-,48-,49-,50-,51?,52?,53?,54?/m1/s1. The smallest absolute Gasteiger partial charge is 0.122 e. The van der Waals surface area contributed by atoms with E-state index in [9.17, 15) is 40.9 Å². The largest absolute Gasteiger partial charge is 0.386 e. The maximum atomic E-state index is 12.7. The van der Waals surface area contributed by atoms with Crippen LogP contribution in [0.5, 0.6) is 0 Å². The van der Waals surface area contributed by atoms with Gasteiger partial charge in [-0.2, -0.15) is 0 Å². The molecule has 4 aliphatic heterocycles. The molecule has 4 fully saturated rings. The third-order valence-electron chi connectivity index (χ3n) is 22.9. The first-order valence-electron chi connectivity index (χ1n) is 25.4. The Labute approximate surface area is 421 Å². The van der Waals surface area contributed by atoms with E-state index < -0.39 is 111 Å². The third-order valence-corrected chi connectivity index (χ3v) is 22.9. The number of hydrogen-bond donors (Lipinski definition) is 8. The molecule has 16 heteroatoms. The number of methoxy groups -OCH3 is 1. The molecule has 8 N–H and O–H groups in total. The zero-order chi connectivity index (χ0) is 55.3. The first kappa shape index (κ1) is 61.9. The van der Waals surface area contributed by atoms with E-state index >= 15 is 0 Å². The predicted octanol–water partition coefficient (Wildman–Crippen LogP) is 5.40. The fraction of sp³-hybridized carbons (Fsp3) is 1.00. The molecule has 0 aromatic heterocycles. The molecule has 414 valence electrons. The molecule has 4 aliphatic rings. The van der Waals surface area contributed by atoms with Crippen LogP contribution >= 0.6 is 0 Å². The van der Waals surface area contributed by atoms with Crippen LogP contribution in [0.15, 0.2) is 0 Å². The van der Waals surface area contributed by atoms with Crippen LogP contribution in [0, 0.1) is 21.7 Å². The summed E-state index contributed by atoms with van der Waals surface area (Å²) in [5, 5.41) is 99.0. The third kappa shape index (κ3) is 7.54. The van der Waals surface area contributed by atoms with Crippen molar-refractivity contribution in [3.63, 3.8) is 0 Å². The van der Waals surface area contributed by atoms with Gasteiger partial charge in [0.1, 0.15) is 61.6 Å². The van der Waals surface area contributed by atoms with Gasteiger partial charge < -0.3 is 78.7 Å². The van der Waals surface area contributed by atoms with E-state index in [1.54, 1.807) is 96.9 Å². The molecular formula is C54H102O16. The van der Waals surface area contributed by atoms with E-state index in [4.69, 9.17) is 37.9 Å². The van der Waals surface area contributed by atoms with E-state index in [0.717, 1.165) is 0 Å². The van der Waals surface area contributed by atoms with Gasteiger partial charge in [0, 0.05) is 7.11 Å². The molecule has 70 heavy (non-hydrogen) atoms. The highest BCUT2D eigenvalue weighted by Crippen LogP contribution is 2.63. The summed E-state index contributed by atoms with van der Waals surface area (Å²) >= 11 is 0. The Balaban J connectivity index is 1.56. The molecular weight excluding hydrogens is 905 g/mol. The molecule has 0 radical (unpaired) electrons. The van der Waals surface area contributed by atoms with Gasteiger partial charge in [-0.05, 0) is 145 Å². The second kappa shape index (κ2) is 16.9. The van der Waals surface area contributed by atoms with Gasteiger partial charge >= 0.3 is 0 Å². The summed E-state index contributed by atoms with van der Waals surface area (Å²) in [6.45, 7) is 41.8. The zero-order valence-electron chi connectivity index (χ0n) is 48.5. The number of aliphatic hydroxyl groups is 8. The van der Waals surface area contributed by atoms with Gasteiger partial charge in [0.05, 0.1) is 95.9 Å². The Bertz CT molecular complexity index is 1930. The van der Waals surface area contributed by atoms with Gasteiger partial charge in [-0.15, -0.1) is 0 Å². The van der Waals surface area contributed by atoms with Gasteiger partial charge in [0.25, 0.3) is 0 Å². The maximum Gasteiger partial charge on any atom is 0.122 e. The van der Waals surface area contributed by atoms with Gasteiger partial charge in [0.15, 0.2) is 0 Å². The van der Waals surface area contributed by atoms with E-state index in [0.29, 0.717) is 6.42 Å². The molecule has 0 aromatic carbocycles. The van der Waals surface area contributed by atoms with Crippen LogP contribution in [0.2, 0.25) is 0 Å². The quantitative estimate of drug-likeness (QED) is 0.103. The minimum Gasteiger partial charge on any atom is -0.386 e. The number of rotatable bonds is 15. The maximum absolute atomic E-state index is 12.7. The molecule has 16 atom stereocenters. The summed E-state index contributed by atoms with van der Waals surface area (Å²) in [6, 6.07) is 0. The van der Waals surface area contributed by atoms with Crippen molar-refractivity contribution in [3.05, 3.63) is 0 Å². The minimum absolute atomic E-state index is 0.100. The van der Waals surface area contributed by atoms with Crippen LogP contribution < -0.4 is 0 Å². The molecule has 4 rings (SSSR count). The van der Waals surface area contributed by atoms with Gasteiger partial charge in [-0.25, -0.2) is 0 Å². The Morgan fingerprint density at radius 2 is 0.457 bits per heavy atom. The lowest BCUT2D eigenvalue weighted by Gasteiger charge is -2.69. The van der Waals surface area contributed by atoms with Crippen LogP contribution in [0.1, 0.15) is 180 Å². The van der Waals surface area contributed by atoms with Crippen molar-refractivity contribution in [2.45, 2.75) is 269 Å².